The second kappa shape index (κ2) is 4.83. The molecule has 2 rings (SSSR count). The summed E-state index contributed by atoms with van der Waals surface area (Å²) in [4.78, 5) is 0. The van der Waals surface area contributed by atoms with Crippen LogP contribution >= 0.6 is 0 Å². The lowest BCUT2D eigenvalue weighted by molar-refractivity contribution is -0.293. The summed E-state index contributed by atoms with van der Waals surface area (Å²) in [5.74, 6) is -4.34. The maximum absolute atomic E-state index is 13.6. The molecule has 1 aromatic rings. The molecule has 1 aromatic carbocycles. The van der Waals surface area contributed by atoms with Crippen molar-refractivity contribution >= 4 is 0 Å². The summed E-state index contributed by atoms with van der Waals surface area (Å²) in [7, 11) is 1.08. The standard InChI is InChI=1S/C14H16F5NO/c1-12(2)7-21-10-5-4-8(6-9(10)12)11(20-3)13(15,16)14(17,18)19/h4-6,11,20H,7H2,1-3H3. The Morgan fingerprint density at radius 3 is 2.33 bits per heavy atom. The minimum Gasteiger partial charge on any atom is -0.492 e. The fourth-order valence-electron chi connectivity index (χ4n) is 2.44. The van der Waals surface area contributed by atoms with E-state index < -0.39 is 23.6 Å². The van der Waals surface area contributed by atoms with Crippen molar-refractivity contribution in [3.63, 3.8) is 0 Å². The van der Waals surface area contributed by atoms with E-state index in [9.17, 15) is 22.0 Å². The Morgan fingerprint density at radius 1 is 1.19 bits per heavy atom. The smallest absolute Gasteiger partial charge is 0.455 e. The maximum atomic E-state index is 13.6. The Morgan fingerprint density at radius 2 is 1.81 bits per heavy atom. The molecule has 1 atom stereocenters. The fourth-order valence-corrected chi connectivity index (χ4v) is 2.44. The third-order valence-electron chi connectivity index (χ3n) is 3.68. The molecule has 118 valence electrons. The summed E-state index contributed by atoms with van der Waals surface area (Å²) in [6.45, 7) is 4.06. The molecule has 7 heteroatoms. The molecular formula is C14H16F5NO. The zero-order chi connectivity index (χ0) is 16.1. The molecule has 0 radical (unpaired) electrons. The van der Waals surface area contributed by atoms with Gasteiger partial charge in [-0.2, -0.15) is 22.0 Å². The number of alkyl halides is 5. The predicted molar refractivity (Wildman–Crippen MR) is 67.8 cm³/mol. The first-order chi connectivity index (χ1) is 9.50. The molecule has 0 fully saturated rings. The zero-order valence-corrected chi connectivity index (χ0v) is 11.8. The minimum atomic E-state index is -5.62. The SMILES string of the molecule is CNC(c1ccc2c(c1)C(C)(C)CO2)C(F)(F)C(F)(F)F. The van der Waals surface area contributed by atoms with E-state index in [-0.39, 0.29) is 5.56 Å². The van der Waals surface area contributed by atoms with E-state index in [4.69, 9.17) is 4.74 Å². The third kappa shape index (κ3) is 2.59. The van der Waals surface area contributed by atoms with Gasteiger partial charge in [-0.3, -0.25) is 0 Å². The van der Waals surface area contributed by atoms with E-state index in [1.807, 2.05) is 13.8 Å². The lowest BCUT2D eigenvalue weighted by atomic mass is 9.85. The van der Waals surface area contributed by atoms with Gasteiger partial charge >= 0.3 is 12.1 Å². The van der Waals surface area contributed by atoms with Crippen molar-refractivity contribution in [2.75, 3.05) is 13.7 Å². The molecule has 0 aliphatic carbocycles. The molecule has 1 aliphatic heterocycles. The number of hydrogen-bond donors (Lipinski definition) is 1. The normalized spacial score (nSPS) is 19.0. The van der Waals surface area contributed by atoms with Gasteiger partial charge in [0, 0.05) is 11.0 Å². The Balaban J connectivity index is 2.46. The van der Waals surface area contributed by atoms with Gasteiger partial charge in [0.1, 0.15) is 11.8 Å². The summed E-state index contributed by atoms with van der Waals surface area (Å²) < 4.78 is 70.3. The van der Waals surface area contributed by atoms with Crippen LogP contribution in [0.2, 0.25) is 0 Å². The molecule has 0 bridgehead atoms. The molecule has 0 spiro atoms. The van der Waals surface area contributed by atoms with Crippen LogP contribution in [0.25, 0.3) is 0 Å². The molecule has 0 aromatic heterocycles. The van der Waals surface area contributed by atoms with Crippen LogP contribution in [-0.4, -0.2) is 25.8 Å². The van der Waals surface area contributed by atoms with Crippen LogP contribution < -0.4 is 10.1 Å². The Hall–Kier alpha value is -1.37. The van der Waals surface area contributed by atoms with Crippen molar-refractivity contribution in [3.8, 4) is 5.75 Å². The van der Waals surface area contributed by atoms with Crippen molar-refractivity contribution in [3.05, 3.63) is 29.3 Å². The van der Waals surface area contributed by atoms with Gasteiger partial charge in [-0.1, -0.05) is 19.9 Å². The number of ether oxygens (including phenoxy) is 1. The molecule has 0 amide bonds. The molecule has 2 nitrogen and oxygen atoms in total. The molecule has 21 heavy (non-hydrogen) atoms. The van der Waals surface area contributed by atoms with Crippen molar-refractivity contribution in [1.29, 1.82) is 0 Å². The lowest BCUT2D eigenvalue weighted by Gasteiger charge is -2.29. The van der Waals surface area contributed by atoms with Crippen molar-refractivity contribution in [2.45, 2.75) is 37.4 Å². The average molecular weight is 309 g/mol. The molecule has 1 heterocycles. The second-order valence-electron chi connectivity index (χ2n) is 5.77. The number of halogens is 5. The van der Waals surface area contributed by atoms with Gasteiger partial charge in [0.05, 0.1) is 6.61 Å². The highest BCUT2D eigenvalue weighted by molar-refractivity contribution is 5.46. The van der Waals surface area contributed by atoms with Crippen LogP contribution in [-0.2, 0) is 5.41 Å². The molecule has 1 unspecified atom stereocenters. The summed E-state index contributed by atoms with van der Waals surface area (Å²) in [6, 6.07) is 1.90. The largest absolute Gasteiger partial charge is 0.492 e. The highest BCUT2D eigenvalue weighted by atomic mass is 19.4. The lowest BCUT2D eigenvalue weighted by Crippen LogP contribution is -2.47. The highest BCUT2D eigenvalue weighted by Gasteiger charge is 2.62. The number of benzene rings is 1. The highest BCUT2D eigenvalue weighted by Crippen LogP contribution is 2.46. The van der Waals surface area contributed by atoms with Crippen LogP contribution in [0.1, 0.15) is 31.0 Å². The van der Waals surface area contributed by atoms with Crippen LogP contribution in [0.5, 0.6) is 5.75 Å². The van der Waals surface area contributed by atoms with E-state index in [0.717, 1.165) is 7.05 Å². The summed E-state index contributed by atoms with van der Waals surface area (Å²) in [5, 5.41) is 2.07. The molecule has 0 saturated carbocycles. The Bertz CT molecular complexity index is 539. The number of nitrogens with one attached hydrogen (secondary N) is 1. The van der Waals surface area contributed by atoms with Gasteiger partial charge in [-0.05, 0) is 24.7 Å². The molecule has 1 aliphatic rings. The minimum absolute atomic E-state index is 0.114. The first-order valence-electron chi connectivity index (χ1n) is 6.40. The van der Waals surface area contributed by atoms with Gasteiger partial charge in [0.15, 0.2) is 0 Å². The van der Waals surface area contributed by atoms with Crippen LogP contribution in [0.3, 0.4) is 0 Å². The molecular weight excluding hydrogens is 293 g/mol. The first-order valence-corrected chi connectivity index (χ1v) is 6.40. The summed E-state index contributed by atoms with van der Waals surface area (Å²) in [5.41, 5.74) is 0.104. The van der Waals surface area contributed by atoms with Crippen molar-refractivity contribution in [1.82, 2.24) is 5.32 Å². The zero-order valence-electron chi connectivity index (χ0n) is 11.8. The quantitative estimate of drug-likeness (QED) is 0.857. The number of rotatable bonds is 3. The maximum Gasteiger partial charge on any atom is 0.455 e. The van der Waals surface area contributed by atoms with Crippen molar-refractivity contribution in [2.24, 2.45) is 0 Å². The van der Waals surface area contributed by atoms with Gasteiger partial charge < -0.3 is 10.1 Å². The van der Waals surface area contributed by atoms with E-state index >= 15 is 0 Å². The van der Waals surface area contributed by atoms with Crippen molar-refractivity contribution < 1.29 is 26.7 Å². The fraction of sp³-hybridized carbons (Fsp3) is 0.571. The Labute approximate surface area is 119 Å². The second-order valence-corrected chi connectivity index (χ2v) is 5.77. The van der Waals surface area contributed by atoms with Gasteiger partial charge in [-0.25, -0.2) is 0 Å². The van der Waals surface area contributed by atoms with E-state index in [0.29, 0.717) is 17.9 Å². The molecule has 0 saturated heterocycles. The van der Waals surface area contributed by atoms with Crippen LogP contribution in [0.4, 0.5) is 22.0 Å². The monoisotopic (exact) mass is 309 g/mol. The van der Waals surface area contributed by atoms with Gasteiger partial charge in [-0.15, -0.1) is 0 Å². The third-order valence-corrected chi connectivity index (χ3v) is 3.68. The number of hydrogen-bond acceptors (Lipinski definition) is 2. The summed E-state index contributed by atoms with van der Waals surface area (Å²) in [6.07, 6.45) is -5.62. The topological polar surface area (TPSA) is 21.3 Å². The Kier molecular flexibility index (Phi) is 3.68. The average Bonchev–Trinajstić information content (AvgIpc) is 2.65. The van der Waals surface area contributed by atoms with Crippen LogP contribution in [0.15, 0.2) is 18.2 Å². The van der Waals surface area contributed by atoms with E-state index in [2.05, 4.69) is 5.32 Å². The van der Waals surface area contributed by atoms with E-state index in [1.165, 1.54) is 18.2 Å². The van der Waals surface area contributed by atoms with Crippen LogP contribution in [0, 0.1) is 0 Å². The van der Waals surface area contributed by atoms with Gasteiger partial charge in [0.25, 0.3) is 0 Å². The summed E-state index contributed by atoms with van der Waals surface area (Å²) >= 11 is 0. The molecule has 1 N–H and O–H groups in total. The van der Waals surface area contributed by atoms with E-state index in [1.54, 1.807) is 0 Å². The van der Waals surface area contributed by atoms with Gasteiger partial charge in [0.2, 0.25) is 0 Å². The first kappa shape index (κ1) is 16.0. The predicted octanol–water partition coefficient (Wildman–Crippen LogP) is 3.81. The number of fused-ring (bicyclic) bond motifs is 1.